The molecule has 25 heavy (non-hydrogen) atoms. The Balaban J connectivity index is 1.68. The zero-order valence-corrected chi connectivity index (χ0v) is 14.1. The van der Waals surface area contributed by atoms with Crippen LogP contribution < -0.4 is 5.32 Å². The minimum absolute atomic E-state index is 0.0840. The third-order valence-corrected chi connectivity index (χ3v) is 5.51. The SMILES string of the molecule is CN1CC[C@]2(CC[C@@H](c3cccc(-c4ccccc4F)c3F)N2)C1=O. The fraction of sp³-hybridized carbons (Fsp3) is 0.350. The molecule has 0 aromatic heterocycles. The van der Waals surface area contributed by atoms with Crippen LogP contribution in [-0.2, 0) is 4.79 Å². The van der Waals surface area contributed by atoms with E-state index in [9.17, 15) is 9.18 Å². The van der Waals surface area contributed by atoms with Crippen LogP contribution in [0.25, 0.3) is 11.1 Å². The molecule has 4 rings (SSSR count). The first kappa shape index (κ1) is 16.2. The number of rotatable bonds is 2. The molecular weight excluding hydrogens is 322 g/mol. The standard InChI is InChI=1S/C20H20F2N2O/c1-24-12-11-20(19(24)25)10-9-17(23-20)15-7-4-6-14(18(15)22)13-5-2-3-8-16(13)21/h2-8,17,23H,9-12H2,1H3/t17-,20+/m0/s1. The van der Waals surface area contributed by atoms with E-state index in [0.29, 0.717) is 18.4 Å². The minimum atomic E-state index is -0.570. The largest absolute Gasteiger partial charge is 0.344 e. The highest BCUT2D eigenvalue weighted by molar-refractivity contribution is 5.88. The zero-order valence-electron chi connectivity index (χ0n) is 14.1. The van der Waals surface area contributed by atoms with Gasteiger partial charge in [0.05, 0.1) is 0 Å². The van der Waals surface area contributed by atoms with Gasteiger partial charge in [0.15, 0.2) is 0 Å². The highest BCUT2D eigenvalue weighted by atomic mass is 19.1. The zero-order chi connectivity index (χ0) is 17.6. The number of nitrogens with zero attached hydrogens (tertiary/aromatic N) is 1. The van der Waals surface area contributed by atoms with Crippen LogP contribution in [0.15, 0.2) is 42.5 Å². The van der Waals surface area contributed by atoms with Crippen LogP contribution in [0.2, 0.25) is 0 Å². The molecule has 3 nitrogen and oxygen atoms in total. The highest BCUT2D eigenvalue weighted by Gasteiger charge is 2.50. The van der Waals surface area contributed by atoms with E-state index in [0.717, 1.165) is 13.0 Å². The topological polar surface area (TPSA) is 32.3 Å². The molecule has 2 aromatic carbocycles. The molecule has 1 spiro atoms. The fourth-order valence-electron chi connectivity index (χ4n) is 4.11. The molecular formula is C20H20F2N2O. The van der Waals surface area contributed by atoms with Crippen LogP contribution in [0.5, 0.6) is 0 Å². The Bertz CT molecular complexity index is 838. The molecule has 2 saturated heterocycles. The van der Waals surface area contributed by atoms with E-state index in [2.05, 4.69) is 5.32 Å². The second-order valence-corrected chi connectivity index (χ2v) is 6.98. The lowest BCUT2D eigenvalue weighted by atomic mass is 9.95. The van der Waals surface area contributed by atoms with Gasteiger partial charge < -0.3 is 4.90 Å². The second kappa shape index (κ2) is 5.92. The molecule has 0 radical (unpaired) electrons. The number of likely N-dealkylation sites (N-methyl/N-ethyl adjacent to an activating group) is 1. The maximum absolute atomic E-state index is 15.1. The summed E-state index contributed by atoms with van der Waals surface area (Å²) in [5.41, 5.74) is 0.444. The van der Waals surface area contributed by atoms with Gasteiger partial charge in [0.1, 0.15) is 17.2 Å². The van der Waals surface area contributed by atoms with Crippen molar-refractivity contribution in [2.45, 2.75) is 30.8 Å². The van der Waals surface area contributed by atoms with E-state index < -0.39 is 17.2 Å². The molecule has 5 heteroatoms. The molecule has 0 saturated carbocycles. The Morgan fingerprint density at radius 3 is 2.56 bits per heavy atom. The van der Waals surface area contributed by atoms with Gasteiger partial charge in [-0.2, -0.15) is 0 Å². The smallest absolute Gasteiger partial charge is 0.242 e. The second-order valence-electron chi connectivity index (χ2n) is 6.98. The monoisotopic (exact) mass is 342 g/mol. The number of nitrogens with one attached hydrogen (secondary N) is 1. The number of amides is 1. The summed E-state index contributed by atoms with van der Waals surface area (Å²) in [6, 6.07) is 11.0. The predicted octanol–water partition coefficient (Wildman–Crippen LogP) is 3.66. The third kappa shape index (κ3) is 2.54. The molecule has 2 aliphatic rings. The van der Waals surface area contributed by atoms with Crippen LogP contribution in [0.4, 0.5) is 8.78 Å². The highest BCUT2D eigenvalue weighted by Crippen LogP contribution is 2.41. The van der Waals surface area contributed by atoms with Crippen molar-refractivity contribution in [3.8, 4) is 11.1 Å². The first-order chi connectivity index (χ1) is 12.0. The fourth-order valence-corrected chi connectivity index (χ4v) is 4.11. The normalized spacial score (nSPS) is 26.0. The maximum atomic E-state index is 15.1. The number of likely N-dealkylation sites (tertiary alicyclic amines) is 1. The van der Waals surface area contributed by atoms with Crippen LogP contribution >= 0.6 is 0 Å². The first-order valence-corrected chi connectivity index (χ1v) is 8.58. The van der Waals surface area contributed by atoms with Gasteiger partial charge in [0.25, 0.3) is 0 Å². The van der Waals surface area contributed by atoms with Gasteiger partial charge in [-0.25, -0.2) is 8.78 Å². The summed E-state index contributed by atoms with van der Waals surface area (Å²) in [7, 11) is 1.80. The third-order valence-electron chi connectivity index (χ3n) is 5.51. The van der Waals surface area contributed by atoms with E-state index in [-0.39, 0.29) is 23.1 Å². The summed E-state index contributed by atoms with van der Waals surface area (Å²) in [5, 5.41) is 3.37. The number of hydrogen-bond acceptors (Lipinski definition) is 2. The van der Waals surface area contributed by atoms with E-state index in [1.807, 2.05) is 0 Å². The number of benzene rings is 2. The summed E-state index contributed by atoms with van der Waals surface area (Å²) in [6.07, 6.45) is 2.13. The van der Waals surface area contributed by atoms with Crippen molar-refractivity contribution in [1.82, 2.24) is 10.2 Å². The molecule has 1 amide bonds. The molecule has 0 bridgehead atoms. The van der Waals surface area contributed by atoms with Gasteiger partial charge >= 0.3 is 0 Å². The lowest BCUT2D eigenvalue weighted by Crippen LogP contribution is -2.47. The summed E-state index contributed by atoms with van der Waals surface area (Å²) in [5.74, 6) is -0.774. The van der Waals surface area contributed by atoms with Gasteiger partial charge in [-0.15, -0.1) is 0 Å². The number of carbonyl (C=O) groups excluding carboxylic acids is 1. The van der Waals surface area contributed by atoms with Crippen LogP contribution in [-0.4, -0.2) is 29.9 Å². The Labute approximate surface area is 145 Å². The predicted molar refractivity (Wildman–Crippen MR) is 91.9 cm³/mol. The molecule has 2 atom stereocenters. The molecule has 2 heterocycles. The molecule has 0 aliphatic carbocycles. The van der Waals surface area contributed by atoms with Crippen molar-refractivity contribution in [3.05, 3.63) is 59.7 Å². The van der Waals surface area contributed by atoms with Gasteiger partial charge in [0.2, 0.25) is 5.91 Å². The Morgan fingerprint density at radius 2 is 1.84 bits per heavy atom. The lowest BCUT2D eigenvalue weighted by molar-refractivity contribution is -0.131. The van der Waals surface area contributed by atoms with Crippen molar-refractivity contribution in [1.29, 1.82) is 0 Å². The van der Waals surface area contributed by atoms with Gasteiger partial charge in [0, 0.05) is 36.3 Å². The Morgan fingerprint density at radius 1 is 1.08 bits per heavy atom. The summed E-state index contributed by atoms with van der Waals surface area (Å²) < 4.78 is 29.2. The molecule has 0 unspecified atom stereocenters. The number of carbonyl (C=O) groups is 1. The minimum Gasteiger partial charge on any atom is -0.344 e. The van der Waals surface area contributed by atoms with Crippen LogP contribution in [0.1, 0.15) is 30.9 Å². The first-order valence-electron chi connectivity index (χ1n) is 8.58. The lowest BCUT2D eigenvalue weighted by Gasteiger charge is -2.24. The molecule has 2 aromatic rings. The summed E-state index contributed by atoms with van der Waals surface area (Å²) in [4.78, 5) is 14.2. The number of halogens is 2. The van der Waals surface area contributed by atoms with Gasteiger partial charge in [-0.3, -0.25) is 10.1 Å². The summed E-state index contributed by atoms with van der Waals surface area (Å²) in [6.45, 7) is 0.719. The average Bonchev–Trinajstić information content (AvgIpc) is 3.16. The van der Waals surface area contributed by atoms with E-state index in [1.165, 1.54) is 6.07 Å². The molecule has 2 aliphatic heterocycles. The molecule has 130 valence electrons. The average molecular weight is 342 g/mol. The van der Waals surface area contributed by atoms with Crippen LogP contribution in [0.3, 0.4) is 0 Å². The molecule has 1 N–H and O–H groups in total. The van der Waals surface area contributed by atoms with Gasteiger partial charge in [-0.05, 0) is 25.3 Å². The molecule has 2 fully saturated rings. The van der Waals surface area contributed by atoms with E-state index in [4.69, 9.17) is 0 Å². The van der Waals surface area contributed by atoms with Crippen molar-refractivity contribution >= 4 is 5.91 Å². The van der Waals surface area contributed by atoms with Crippen molar-refractivity contribution in [3.63, 3.8) is 0 Å². The van der Waals surface area contributed by atoms with Crippen molar-refractivity contribution in [2.75, 3.05) is 13.6 Å². The quantitative estimate of drug-likeness (QED) is 0.903. The number of hydrogen-bond donors (Lipinski definition) is 1. The van der Waals surface area contributed by atoms with Gasteiger partial charge in [-0.1, -0.05) is 36.4 Å². The van der Waals surface area contributed by atoms with E-state index in [1.54, 1.807) is 48.3 Å². The van der Waals surface area contributed by atoms with Crippen molar-refractivity contribution < 1.29 is 13.6 Å². The Kier molecular flexibility index (Phi) is 3.84. The maximum Gasteiger partial charge on any atom is 0.242 e. The van der Waals surface area contributed by atoms with Crippen molar-refractivity contribution in [2.24, 2.45) is 0 Å². The van der Waals surface area contributed by atoms with E-state index >= 15 is 4.39 Å². The van der Waals surface area contributed by atoms with Crippen LogP contribution in [0, 0.1) is 11.6 Å². The Hall–Kier alpha value is -2.27. The summed E-state index contributed by atoms with van der Waals surface area (Å²) >= 11 is 0.